The van der Waals surface area contributed by atoms with E-state index in [1.807, 2.05) is 0 Å². The summed E-state index contributed by atoms with van der Waals surface area (Å²) in [5.41, 5.74) is 0. The number of nitrogens with zero attached hydrogens (tertiary/aromatic N) is 1. The van der Waals surface area contributed by atoms with Crippen molar-refractivity contribution in [2.45, 2.75) is 0 Å². The summed E-state index contributed by atoms with van der Waals surface area (Å²) >= 11 is 0. The predicted molar refractivity (Wildman–Crippen MR) is 45.3 cm³/mol. The van der Waals surface area contributed by atoms with Crippen molar-refractivity contribution in [3.8, 4) is 0 Å². The number of nitrogens with one attached hydrogen (secondary N) is 1. The number of carboxylic acids is 1. The first-order valence-electron chi connectivity index (χ1n) is 3.78. The molecule has 0 aliphatic rings. The lowest BCUT2D eigenvalue weighted by Crippen LogP contribution is -2.36. The SMILES string of the molecule is CN(COCC(=O)O)C(=O)CNC=O. The van der Waals surface area contributed by atoms with Crippen LogP contribution in [0.4, 0.5) is 0 Å². The second kappa shape index (κ2) is 6.84. The number of amides is 2. The van der Waals surface area contributed by atoms with Crippen molar-refractivity contribution >= 4 is 18.3 Å². The van der Waals surface area contributed by atoms with Gasteiger partial charge in [0.15, 0.2) is 0 Å². The molecule has 0 aliphatic carbocycles. The van der Waals surface area contributed by atoms with Crippen LogP contribution >= 0.6 is 0 Å². The molecule has 0 aliphatic heterocycles. The normalized spacial score (nSPS) is 9.21. The van der Waals surface area contributed by atoms with Gasteiger partial charge in [-0.15, -0.1) is 0 Å². The number of hydrogen-bond acceptors (Lipinski definition) is 4. The number of rotatable bonds is 7. The number of aliphatic carboxylic acids is 1. The van der Waals surface area contributed by atoms with Gasteiger partial charge in [-0.1, -0.05) is 0 Å². The van der Waals surface area contributed by atoms with Gasteiger partial charge in [-0.2, -0.15) is 0 Å². The highest BCUT2D eigenvalue weighted by atomic mass is 16.5. The zero-order valence-electron chi connectivity index (χ0n) is 7.73. The Kier molecular flexibility index (Phi) is 6.04. The van der Waals surface area contributed by atoms with Gasteiger partial charge in [0.1, 0.15) is 13.3 Å². The van der Waals surface area contributed by atoms with E-state index in [1.165, 1.54) is 11.9 Å². The zero-order valence-corrected chi connectivity index (χ0v) is 7.73. The van der Waals surface area contributed by atoms with E-state index in [4.69, 9.17) is 5.11 Å². The molecule has 14 heavy (non-hydrogen) atoms. The largest absolute Gasteiger partial charge is 0.480 e. The summed E-state index contributed by atoms with van der Waals surface area (Å²) in [5, 5.41) is 10.4. The van der Waals surface area contributed by atoms with Gasteiger partial charge in [0.25, 0.3) is 0 Å². The van der Waals surface area contributed by atoms with Crippen molar-refractivity contribution in [2.75, 3.05) is 26.9 Å². The molecule has 0 bridgehead atoms. The summed E-state index contributed by atoms with van der Waals surface area (Å²) in [6.45, 7) is -0.708. The Morgan fingerprint density at radius 3 is 2.71 bits per heavy atom. The highest BCUT2D eigenvalue weighted by Gasteiger charge is 2.07. The maximum absolute atomic E-state index is 11.1. The fourth-order valence-electron chi connectivity index (χ4n) is 0.606. The minimum Gasteiger partial charge on any atom is -0.480 e. The Morgan fingerprint density at radius 2 is 2.21 bits per heavy atom. The lowest BCUT2D eigenvalue weighted by molar-refractivity contribution is -0.147. The van der Waals surface area contributed by atoms with Crippen LogP contribution in [-0.2, 0) is 19.1 Å². The molecule has 0 heterocycles. The number of ether oxygens (including phenoxy) is 1. The summed E-state index contributed by atoms with van der Waals surface area (Å²) in [5.74, 6) is -1.46. The number of carbonyl (C=O) groups excluding carboxylic acids is 2. The van der Waals surface area contributed by atoms with E-state index in [9.17, 15) is 14.4 Å². The van der Waals surface area contributed by atoms with E-state index >= 15 is 0 Å². The molecule has 0 unspecified atom stereocenters. The molecular weight excluding hydrogens is 192 g/mol. The van der Waals surface area contributed by atoms with Crippen molar-refractivity contribution in [1.82, 2.24) is 10.2 Å². The number of carbonyl (C=O) groups is 3. The molecule has 0 fully saturated rings. The summed E-state index contributed by atoms with van der Waals surface area (Å²) in [4.78, 5) is 32.1. The third-order valence-corrected chi connectivity index (χ3v) is 1.27. The molecule has 0 saturated carbocycles. The van der Waals surface area contributed by atoms with Gasteiger partial charge in [-0.3, -0.25) is 9.59 Å². The van der Waals surface area contributed by atoms with Gasteiger partial charge in [-0.05, 0) is 0 Å². The number of carboxylic acid groups (broad SMARTS) is 1. The molecule has 80 valence electrons. The molecule has 7 nitrogen and oxygen atoms in total. The van der Waals surface area contributed by atoms with Crippen LogP contribution in [0.25, 0.3) is 0 Å². The molecule has 0 saturated heterocycles. The van der Waals surface area contributed by atoms with Crippen LogP contribution in [0.3, 0.4) is 0 Å². The maximum Gasteiger partial charge on any atom is 0.329 e. The predicted octanol–water partition coefficient (Wildman–Crippen LogP) is -1.75. The Labute approximate surface area is 80.6 Å². The molecule has 0 aromatic rings. The van der Waals surface area contributed by atoms with E-state index in [1.54, 1.807) is 0 Å². The molecule has 2 amide bonds. The van der Waals surface area contributed by atoms with Gasteiger partial charge >= 0.3 is 5.97 Å². The van der Waals surface area contributed by atoms with E-state index in [0.717, 1.165) is 0 Å². The number of likely N-dealkylation sites (N-methyl/N-ethyl adjacent to an activating group) is 1. The summed E-state index contributed by atoms with van der Waals surface area (Å²) in [6, 6.07) is 0. The van der Waals surface area contributed by atoms with Crippen molar-refractivity contribution in [3.05, 3.63) is 0 Å². The van der Waals surface area contributed by atoms with Crippen molar-refractivity contribution < 1.29 is 24.2 Å². The van der Waals surface area contributed by atoms with Crippen molar-refractivity contribution in [1.29, 1.82) is 0 Å². The highest BCUT2D eigenvalue weighted by molar-refractivity contribution is 5.79. The zero-order chi connectivity index (χ0) is 11.0. The molecule has 0 radical (unpaired) electrons. The Bertz CT molecular complexity index is 218. The Hall–Kier alpha value is -1.63. The van der Waals surface area contributed by atoms with Gasteiger partial charge in [0, 0.05) is 7.05 Å². The topological polar surface area (TPSA) is 95.9 Å². The molecule has 0 aromatic heterocycles. The van der Waals surface area contributed by atoms with E-state index < -0.39 is 12.6 Å². The fourth-order valence-corrected chi connectivity index (χ4v) is 0.606. The van der Waals surface area contributed by atoms with Crippen molar-refractivity contribution in [2.24, 2.45) is 0 Å². The maximum atomic E-state index is 11.1. The quantitative estimate of drug-likeness (QED) is 0.378. The molecule has 0 rings (SSSR count). The van der Waals surface area contributed by atoms with Gasteiger partial charge < -0.3 is 20.1 Å². The van der Waals surface area contributed by atoms with Crippen LogP contribution in [-0.4, -0.2) is 55.2 Å². The van der Waals surface area contributed by atoms with E-state index in [2.05, 4.69) is 10.1 Å². The Morgan fingerprint density at radius 1 is 1.57 bits per heavy atom. The first kappa shape index (κ1) is 12.4. The molecule has 2 N–H and O–H groups in total. The van der Waals surface area contributed by atoms with E-state index in [0.29, 0.717) is 6.41 Å². The second-order valence-electron chi connectivity index (χ2n) is 2.46. The van der Waals surface area contributed by atoms with Crippen LogP contribution in [0.2, 0.25) is 0 Å². The average molecular weight is 204 g/mol. The van der Waals surface area contributed by atoms with Crippen molar-refractivity contribution in [3.63, 3.8) is 0 Å². The van der Waals surface area contributed by atoms with E-state index in [-0.39, 0.29) is 19.2 Å². The third-order valence-electron chi connectivity index (χ3n) is 1.27. The lowest BCUT2D eigenvalue weighted by Gasteiger charge is -2.15. The van der Waals surface area contributed by atoms with Crippen LogP contribution in [0.1, 0.15) is 0 Å². The van der Waals surface area contributed by atoms with Gasteiger partial charge in [0.05, 0.1) is 6.54 Å². The molecule has 0 atom stereocenters. The summed E-state index contributed by atoms with van der Waals surface area (Å²) < 4.78 is 4.65. The first-order chi connectivity index (χ1) is 6.57. The van der Waals surface area contributed by atoms with Crippen LogP contribution < -0.4 is 5.32 Å². The smallest absolute Gasteiger partial charge is 0.329 e. The molecular formula is C7H12N2O5. The van der Waals surface area contributed by atoms with Gasteiger partial charge in [0.2, 0.25) is 12.3 Å². The molecule has 7 heteroatoms. The number of hydrogen-bond donors (Lipinski definition) is 2. The third kappa shape index (κ3) is 5.95. The molecule has 0 spiro atoms. The monoisotopic (exact) mass is 204 g/mol. The highest BCUT2D eigenvalue weighted by Crippen LogP contribution is 1.85. The standard InChI is InChI=1S/C7H12N2O5/c1-9(5-14-3-7(12)13)6(11)2-8-4-10/h4H,2-3,5H2,1H3,(H,8,10)(H,12,13). The average Bonchev–Trinajstić information content (AvgIpc) is 2.13. The van der Waals surface area contributed by atoms with Gasteiger partial charge in [-0.25, -0.2) is 4.79 Å². The minimum absolute atomic E-state index is 0.119. The fraction of sp³-hybridized carbons (Fsp3) is 0.571. The summed E-state index contributed by atoms with van der Waals surface area (Å²) in [7, 11) is 1.44. The second-order valence-corrected chi connectivity index (χ2v) is 2.46. The van der Waals surface area contributed by atoms with Crippen LogP contribution in [0.5, 0.6) is 0 Å². The minimum atomic E-state index is -1.10. The van der Waals surface area contributed by atoms with Crippen LogP contribution in [0.15, 0.2) is 0 Å². The van der Waals surface area contributed by atoms with Crippen LogP contribution in [0, 0.1) is 0 Å². The summed E-state index contributed by atoms with van der Waals surface area (Å²) in [6.07, 6.45) is 0.407. The molecule has 0 aromatic carbocycles. The Balaban J connectivity index is 3.61. The lowest BCUT2D eigenvalue weighted by atomic mass is 10.5. The first-order valence-corrected chi connectivity index (χ1v) is 3.78.